The second kappa shape index (κ2) is 7.68. The summed E-state index contributed by atoms with van der Waals surface area (Å²) in [7, 11) is 0. The van der Waals surface area contributed by atoms with E-state index in [-0.39, 0.29) is 11.3 Å². The van der Waals surface area contributed by atoms with Crippen LogP contribution in [0.3, 0.4) is 0 Å². The molecule has 0 aliphatic carbocycles. The average Bonchev–Trinajstić information content (AvgIpc) is 2.85. The van der Waals surface area contributed by atoms with Crippen LogP contribution in [-0.2, 0) is 16.6 Å². The van der Waals surface area contributed by atoms with Gasteiger partial charge in [0.2, 0.25) is 5.91 Å². The zero-order chi connectivity index (χ0) is 17.9. The molecule has 0 aliphatic heterocycles. The number of rotatable bonds is 4. The van der Waals surface area contributed by atoms with Gasteiger partial charge in [0.25, 0.3) is 0 Å². The molecular weight excluding hydrogens is 363 g/mol. The molecule has 1 aromatic heterocycles. The predicted octanol–water partition coefficient (Wildman–Crippen LogP) is 5.85. The maximum Gasteiger partial charge on any atom is 0.249 e. The standard InChI is InChI=1S/C18H20Cl2N2OS/c1-5-6-15(23)21-17-22-16(18(2,3)4)14(24-17)9-11-7-8-12(19)10-13(11)20/h5-8,10H,9H2,1-4H3,(H,21,22,23)/b6-5+. The minimum atomic E-state index is -0.178. The summed E-state index contributed by atoms with van der Waals surface area (Å²) in [4.78, 5) is 17.5. The Bertz CT molecular complexity index is 776. The first-order valence-electron chi connectivity index (χ1n) is 7.58. The van der Waals surface area contributed by atoms with Crippen LogP contribution < -0.4 is 5.32 Å². The van der Waals surface area contributed by atoms with Crippen molar-refractivity contribution in [1.82, 2.24) is 4.98 Å². The average molecular weight is 383 g/mol. The van der Waals surface area contributed by atoms with Crippen molar-refractivity contribution >= 4 is 45.6 Å². The van der Waals surface area contributed by atoms with Gasteiger partial charge in [-0.2, -0.15) is 0 Å². The Kier molecular flexibility index (Phi) is 6.07. The number of thiazole rings is 1. The van der Waals surface area contributed by atoms with Gasteiger partial charge in [0.15, 0.2) is 5.13 Å². The molecule has 0 fully saturated rings. The minimum absolute atomic E-state index is 0.131. The first-order valence-corrected chi connectivity index (χ1v) is 9.15. The molecule has 3 nitrogen and oxygen atoms in total. The van der Waals surface area contributed by atoms with Crippen LogP contribution >= 0.6 is 34.5 Å². The van der Waals surface area contributed by atoms with Gasteiger partial charge in [-0.15, -0.1) is 11.3 Å². The Labute approximate surface area is 156 Å². The number of carbonyl (C=O) groups excluding carboxylic acids is 1. The minimum Gasteiger partial charge on any atom is -0.298 e. The fourth-order valence-corrected chi connectivity index (χ4v) is 3.92. The summed E-state index contributed by atoms with van der Waals surface area (Å²) < 4.78 is 0. The van der Waals surface area contributed by atoms with Gasteiger partial charge in [0.1, 0.15) is 0 Å². The van der Waals surface area contributed by atoms with Gasteiger partial charge in [0.05, 0.1) is 5.69 Å². The molecule has 6 heteroatoms. The number of carbonyl (C=O) groups is 1. The van der Waals surface area contributed by atoms with Crippen LogP contribution in [-0.4, -0.2) is 10.9 Å². The lowest BCUT2D eigenvalue weighted by atomic mass is 9.90. The molecule has 1 aromatic carbocycles. The van der Waals surface area contributed by atoms with Gasteiger partial charge in [-0.05, 0) is 30.7 Å². The Balaban J connectivity index is 2.36. The predicted molar refractivity (Wildman–Crippen MR) is 104 cm³/mol. The normalized spacial score (nSPS) is 11.9. The van der Waals surface area contributed by atoms with Crippen molar-refractivity contribution in [2.24, 2.45) is 0 Å². The summed E-state index contributed by atoms with van der Waals surface area (Å²) in [6, 6.07) is 5.50. The van der Waals surface area contributed by atoms with E-state index in [0.29, 0.717) is 21.6 Å². The van der Waals surface area contributed by atoms with Crippen molar-refractivity contribution in [3.8, 4) is 0 Å². The van der Waals surface area contributed by atoms with Crippen LogP contribution in [0.5, 0.6) is 0 Å². The van der Waals surface area contributed by atoms with E-state index in [1.54, 1.807) is 19.1 Å². The summed E-state index contributed by atoms with van der Waals surface area (Å²) in [5.41, 5.74) is 1.82. The Morgan fingerprint density at radius 3 is 2.62 bits per heavy atom. The number of hydrogen-bond acceptors (Lipinski definition) is 3. The summed E-state index contributed by atoms with van der Waals surface area (Å²) >= 11 is 13.7. The molecule has 0 atom stereocenters. The fraction of sp³-hybridized carbons (Fsp3) is 0.333. The largest absolute Gasteiger partial charge is 0.298 e. The highest BCUT2D eigenvalue weighted by Crippen LogP contribution is 2.35. The van der Waals surface area contributed by atoms with Gasteiger partial charge < -0.3 is 0 Å². The molecule has 0 radical (unpaired) electrons. The van der Waals surface area contributed by atoms with Crippen LogP contribution in [0.25, 0.3) is 0 Å². The number of nitrogens with one attached hydrogen (secondary N) is 1. The molecule has 2 rings (SSSR count). The monoisotopic (exact) mass is 382 g/mol. The fourth-order valence-electron chi connectivity index (χ4n) is 2.25. The van der Waals surface area contributed by atoms with Crippen molar-refractivity contribution in [2.45, 2.75) is 39.5 Å². The zero-order valence-corrected chi connectivity index (χ0v) is 16.4. The van der Waals surface area contributed by atoms with E-state index in [1.807, 2.05) is 12.1 Å². The van der Waals surface area contributed by atoms with Crippen molar-refractivity contribution in [2.75, 3.05) is 5.32 Å². The third-order valence-corrected chi connectivity index (χ3v) is 4.88. The molecule has 0 unspecified atom stereocenters. The third-order valence-electron chi connectivity index (χ3n) is 3.32. The summed E-state index contributed by atoms with van der Waals surface area (Å²) in [6.07, 6.45) is 3.83. The van der Waals surface area contributed by atoms with Gasteiger partial charge in [-0.1, -0.05) is 56.1 Å². The number of hydrogen-bond donors (Lipinski definition) is 1. The summed E-state index contributed by atoms with van der Waals surface area (Å²) in [5, 5.41) is 4.66. The molecular formula is C18H20Cl2N2OS. The second-order valence-corrected chi connectivity index (χ2v) is 8.37. The maximum atomic E-state index is 11.8. The van der Waals surface area contributed by atoms with Crippen molar-refractivity contribution < 1.29 is 4.79 Å². The number of benzene rings is 1. The number of anilines is 1. The van der Waals surface area contributed by atoms with E-state index in [4.69, 9.17) is 23.2 Å². The highest BCUT2D eigenvalue weighted by molar-refractivity contribution is 7.16. The van der Waals surface area contributed by atoms with Crippen molar-refractivity contribution in [1.29, 1.82) is 0 Å². The molecule has 0 aliphatic rings. The second-order valence-electron chi connectivity index (χ2n) is 6.44. The summed E-state index contributed by atoms with van der Waals surface area (Å²) in [5.74, 6) is -0.178. The zero-order valence-electron chi connectivity index (χ0n) is 14.1. The van der Waals surface area contributed by atoms with Gasteiger partial charge >= 0.3 is 0 Å². The molecule has 0 bridgehead atoms. The Morgan fingerprint density at radius 2 is 2.04 bits per heavy atom. The molecule has 1 N–H and O–H groups in total. The molecule has 128 valence electrons. The molecule has 1 heterocycles. The van der Waals surface area contributed by atoms with E-state index < -0.39 is 0 Å². The van der Waals surface area contributed by atoms with Crippen LogP contribution in [0.2, 0.25) is 10.0 Å². The van der Waals surface area contributed by atoms with Gasteiger partial charge in [-0.3, -0.25) is 10.1 Å². The number of amides is 1. The van der Waals surface area contributed by atoms with E-state index in [0.717, 1.165) is 16.1 Å². The van der Waals surface area contributed by atoms with Crippen LogP contribution in [0.4, 0.5) is 5.13 Å². The summed E-state index contributed by atoms with van der Waals surface area (Å²) in [6.45, 7) is 8.11. The first kappa shape index (κ1) is 19.0. The molecule has 1 amide bonds. The first-order chi connectivity index (χ1) is 11.2. The Morgan fingerprint density at radius 1 is 1.33 bits per heavy atom. The molecule has 24 heavy (non-hydrogen) atoms. The molecule has 0 saturated carbocycles. The maximum absolute atomic E-state index is 11.8. The number of aromatic nitrogens is 1. The van der Waals surface area contributed by atoms with Gasteiger partial charge in [-0.25, -0.2) is 4.98 Å². The van der Waals surface area contributed by atoms with Crippen LogP contribution in [0.1, 0.15) is 43.8 Å². The molecule has 0 saturated heterocycles. The van der Waals surface area contributed by atoms with E-state index in [1.165, 1.54) is 17.4 Å². The van der Waals surface area contributed by atoms with E-state index in [2.05, 4.69) is 31.1 Å². The number of halogens is 2. The number of nitrogens with zero attached hydrogens (tertiary/aromatic N) is 1. The van der Waals surface area contributed by atoms with Crippen LogP contribution in [0.15, 0.2) is 30.4 Å². The van der Waals surface area contributed by atoms with Crippen molar-refractivity contribution in [3.05, 3.63) is 56.5 Å². The third kappa shape index (κ3) is 4.82. The lowest BCUT2D eigenvalue weighted by Crippen LogP contribution is -2.15. The Hall–Kier alpha value is -1.36. The van der Waals surface area contributed by atoms with E-state index in [9.17, 15) is 4.79 Å². The lowest BCUT2D eigenvalue weighted by molar-refractivity contribution is -0.111. The smallest absolute Gasteiger partial charge is 0.249 e. The van der Waals surface area contributed by atoms with Crippen molar-refractivity contribution in [3.63, 3.8) is 0 Å². The highest BCUT2D eigenvalue weighted by Gasteiger charge is 2.24. The SMILES string of the molecule is C/C=C/C(=O)Nc1nc(C(C)(C)C)c(Cc2ccc(Cl)cc2Cl)s1. The molecule has 2 aromatic rings. The highest BCUT2D eigenvalue weighted by atomic mass is 35.5. The topological polar surface area (TPSA) is 42.0 Å². The van der Waals surface area contributed by atoms with Crippen LogP contribution in [0, 0.1) is 0 Å². The lowest BCUT2D eigenvalue weighted by Gasteiger charge is -2.17. The van der Waals surface area contributed by atoms with Gasteiger partial charge in [0, 0.05) is 26.8 Å². The quantitative estimate of drug-likeness (QED) is 0.673. The number of allylic oxidation sites excluding steroid dienone is 1. The molecule has 0 spiro atoms. The van der Waals surface area contributed by atoms with E-state index >= 15 is 0 Å².